The van der Waals surface area contributed by atoms with E-state index in [9.17, 15) is 9.59 Å². The highest BCUT2D eigenvalue weighted by Gasteiger charge is 2.34. The van der Waals surface area contributed by atoms with E-state index < -0.39 is 0 Å². The van der Waals surface area contributed by atoms with Gasteiger partial charge in [0, 0.05) is 24.7 Å². The van der Waals surface area contributed by atoms with Gasteiger partial charge >= 0.3 is 0 Å². The van der Waals surface area contributed by atoms with Gasteiger partial charge in [-0.05, 0) is 6.42 Å². The summed E-state index contributed by atoms with van der Waals surface area (Å²) in [7, 11) is 0. The summed E-state index contributed by atoms with van der Waals surface area (Å²) >= 11 is 0. The van der Waals surface area contributed by atoms with Crippen LogP contribution < -0.4 is 0 Å². The molecule has 2 nitrogen and oxygen atoms in total. The molecule has 0 saturated heterocycles. The summed E-state index contributed by atoms with van der Waals surface area (Å²) in [6.45, 7) is 3.73. The SMILES string of the molecule is CCC(=O)C1CCC(=O)C1C. The monoisotopic (exact) mass is 154 g/mol. The number of Topliss-reactive ketones (excluding diaryl/α,β-unsaturated/α-hetero) is 2. The summed E-state index contributed by atoms with van der Waals surface area (Å²) in [5, 5.41) is 0. The van der Waals surface area contributed by atoms with Crippen molar-refractivity contribution in [3.63, 3.8) is 0 Å². The van der Waals surface area contributed by atoms with Gasteiger partial charge < -0.3 is 0 Å². The third-order valence-electron chi connectivity index (χ3n) is 2.58. The molecule has 0 aromatic heterocycles. The number of rotatable bonds is 2. The number of carbonyl (C=O) groups is 2. The van der Waals surface area contributed by atoms with E-state index in [-0.39, 0.29) is 23.4 Å². The molecule has 11 heavy (non-hydrogen) atoms. The molecule has 0 amide bonds. The van der Waals surface area contributed by atoms with Crippen LogP contribution in [-0.4, -0.2) is 11.6 Å². The fourth-order valence-electron chi connectivity index (χ4n) is 1.70. The molecule has 1 fully saturated rings. The number of hydrogen-bond acceptors (Lipinski definition) is 2. The average Bonchev–Trinajstić information content (AvgIpc) is 2.32. The van der Waals surface area contributed by atoms with Gasteiger partial charge in [-0.2, -0.15) is 0 Å². The summed E-state index contributed by atoms with van der Waals surface area (Å²) in [6, 6.07) is 0. The molecule has 1 aliphatic carbocycles. The molecule has 2 heteroatoms. The first-order chi connectivity index (χ1) is 5.16. The van der Waals surface area contributed by atoms with Crippen LogP contribution in [-0.2, 0) is 9.59 Å². The lowest BCUT2D eigenvalue weighted by atomic mass is 9.92. The van der Waals surface area contributed by atoms with Crippen molar-refractivity contribution in [3.05, 3.63) is 0 Å². The second kappa shape index (κ2) is 3.16. The minimum Gasteiger partial charge on any atom is -0.299 e. The standard InChI is InChI=1S/C9H14O2/c1-3-8(10)7-4-5-9(11)6(7)2/h6-7H,3-5H2,1-2H3. The van der Waals surface area contributed by atoms with Crippen LogP contribution >= 0.6 is 0 Å². The van der Waals surface area contributed by atoms with E-state index in [4.69, 9.17) is 0 Å². The fourth-order valence-corrected chi connectivity index (χ4v) is 1.70. The van der Waals surface area contributed by atoms with E-state index in [1.54, 1.807) is 0 Å². The van der Waals surface area contributed by atoms with Crippen molar-refractivity contribution < 1.29 is 9.59 Å². The van der Waals surface area contributed by atoms with Crippen LogP contribution in [0.5, 0.6) is 0 Å². The Hall–Kier alpha value is -0.660. The smallest absolute Gasteiger partial charge is 0.136 e. The lowest BCUT2D eigenvalue weighted by Crippen LogP contribution is -2.18. The first-order valence-electron chi connectivity index (χ1n) is 4.22. The fraction of sp³-hybridized carbons (Fsp3) is 0.778. The van der Waals surface area contributed by atoms with Gasteiger partial charge in [0.15, 0.2) is 0 Å². The van der Waals surface area contributed by atoms with Gasteiger partial charge in [-0.15, -0.1) is 0 Å². The van der Waals surface area contributed by atoms with Gasteiger partial charge in [0.1, 0.15) is 11.6 Å². The molecule has 0 radical (unpaired) electrons. The van der Waals surface area contributed by atoms with Gasteiger partial charge in [0.05, 0.1) is 0 Å². The Morgan fingerprint density at radius 3 is 2.64 bits per heavy atom. The van der Waals surface area contributed by atoms with Crippen LogP contribution in [0.15, 0.2) is 0 Å². The highest BCUT2D eigenvalue weighted by atomic mass is 16.1. The molecule has 1 aliphatic rings. The zero-order valence-electron chi connectivity index (χ0n) is 7.09. The Morgan fingerprint density at radius 2 is 2.27 bits per heavy atom. The summed E-state index contributed by atoms with van der Waals surface area (Å²) in [5.74, 6) is 0.537. The van der Waals surface area contributed by atoms with Gasteiger partial charge in [-0.1, -0.05) is 13.8 Å². The first-order valence-corrected chi connectivity index (χ1v) is 4.22. The molecular formula is C9H14O2. The molecule has 0 aromatic carbocycles. The molecule has 2 atom stereocenters. The maximum atomic E-state index is 11.2. The van der Waals surface area contributed by atoms with Crippen LogP contribution in [0, 0.1) is 11.8 Å². The third kappa shape index (κ3) is 1.50. The maximum Gasteiger partial charge on any atom is 0.136 e. The van der Waals surface area contributed by atoms with Gasteiger partial charge in [-0.25, -0.2) is 0 Å². The van der Waals surface area contributed by atoms with Crippen LogP contribution in [0.4, 0.5) is 0 Å². The van der Waals surface area contributed by atoms with Crippen LogP contribution in [0.25, 0.3) is 0 Å². The molecule has 62 valence electrons. The Bertz CT molecular complexity index is 184. The van der Waals surface area contributed by atoms with Crippen LogP contribution in [0.3, 0.4) is 0 Å². The van der Waals surface area contributed by atoms with Crippen LogP contribution in [0.1, 0.15) is 33.1 Å². The van der Waals surface area contributed by atoms with Gasteiger partial charge in [0.2, 0.25) is 0 Å². The Labute approximate surface area is 67.0 Å². The largest absolute Gasteiger partial charge is 0.299 e. The first kappa shape index (κ1) is 8.44. The Morgan fingerprint density at radius 1 is 1.64 bits per heavy atom. The van der Waals surface area contributed by atoms with Crippen molar-refractivity contribution in [3.8, 4) is 0 Å². The van der Waals surface area contributed by atoms with Crippen molar-refractivity contribution >= 4 is 11.6 Å². The van der Waals surface area contributed by atoms with E-state index in [2.05, 4.69) is 0 Å². The highest BCUT2D eigenvalue weighted by molar-refractivity contribution is 5.92. The molecule has 0 bridgehead atoms. The summed E-state index contributed by atoms with van der Waals surface area (Å²) in [4.78, 5) is 22.3. The molecule has 0 N–H and O–H groups in total. The Balaban J connectivity index is 2.61. The predicted molar refractivity (Wildman–Crippen MR) is 42.2 cm³/mol. The molecule has 0 heterocycles. The molecular weight excluding hydrogens is 140 g/mol. The van der Waals surface area contributed by atoms with Crippen molar-refractivity contribution in [1.82, 2.24) is 0 Å². The lowest BCUT2D eigenvalue weighted by Gasteiger charge is -2.10. The van der Waals surface area contributed by atoms with E-state index in [0.717, 1.165) is 6.42 Å². The summed E-state index contributed by atoms with van der Waals surface area (Å²) < 4.78 is 0. The zero-order chi connectivity index (χ0) is 8.43. The summed E-state index contributed by atoms with van der Waals surface area (Å²) in [6.07, 6.45) is 1.96. The number of ketones is 2. The van der Waals surface area contributed by atoms with E-state index >= 15 is 0 Å². The van der Waals surface area contributed by atoms with Crippen molar-refractivity contribution in [2.24, 2.45) is 11.8 Å². The van der Waals surface area contributed by atoms with Crippen molar-refractivity contribution in [2.45, 2.75) is 33.1 Å². The molecule has 0 aliphatic heterocycles. The maximum absolute atomic E-state index is 11.2. The minimum atomic E-state index is -0.0116. The quantitative estimate of drug-likeness (QED) is 0.605. The average molecular weight is 154 g/mol. The lowest BCUT2D eigenvalue weighted by molar-refractivity contribution is -0.127. The summed E-state index contributed by atoms with van der Waals surface area (Å²) in [5.41, 5.74) is 0. The second-order valence-corrected chi connectivity index (χ2v) is 3.22. The molecule has 1 saturated carbocycles. The van der Waals surface area contributed by atoms with E-state index in [1.165, 1.54) is 0 Å². The molecule has 0 spiro atoms. The highest BCUT2D eigenvalue weighted by Crippen LogP contribution is 2.29. The number of hydrogen-bond donors (Lipinski definition) is 0. The third-order valence-corrected chi connectivity index (χ3v) is 2.58. The van der Waals surface area contributed by atoms with Crippen LogP contribution in [0.2, 0.25) is 0 Å². The predicted octanol–water partition coefficient (Wildman–Crippen LogP) is 1.58. The molecule has 2 unspecified atom stereocenters. The normalized spacial score (nSPS) is 30.9. The minimum absolute atomic E-state index is 0.0116. The second-order valence-electron chi connectivity index (χ2n) is 3.22. The Kier molecular flexibility index (Phi) is 2.42. The zero-order valence-corrected chi connectivity index (χ0v) is 7.09. The van der Waals surface area contributed by atoms with E-state index in [0.29, 0.717) is 12.8 Å². The number of carbonyl (C=O) groups excluding carboxylic acids is 2. The molecule has 0 aromatic rings. The van der Waals surface area contributed by atoms with Crippen molar-refractivity contribution in [2.75, 3.05) is 0 Å². The molecule has 1 rings (SSSR count). The van der Waals surface area contributed by atoms with Crippen molar-refractivity contribution in [1.29, 1.82) is 0 Å². The van der Waals surface area contributed by atoms with E-state index in [1.807, 2.05) is 13.8 Å². The van der Waals surface area contributed by atoms with Gasteiger partial charge in [0.25, 0.3) is 0 Å². The van der Waals surface area contributed by atoms with Gasteiger partial charge in [-0.3, -0.25) is 9.59 Å². The topological polar surface area (TPSA) is 34.1 Å².